The van der Waals surface area contributed by atoms with E-state index < -0.39 is 10.0 Å². The zero-order valence-electron chi connectivity index (χ0n) is 12.4. The summed E-state index contributed by atoms with van der Waals surface area (Å²) in [6, 6.07) is 4.97. The maximum absolute atomic E-state index is 12.6. The lowest BCUT2D eigenvalue weighted by molar-refractivity contribution is 0.431. The Hall–Kier alpha value is -0.880. The monoisotopic (exact) mass is 328 g/mol. The summed E-state index contributed by atoms with van der Waals surface area (Å²) in [5.74, 6) is 0. The molecule has 0 amide bonds. The van der Waals surface area contributed by atoms with E-state index in [-0.39, 0.29) is 4.90 Å². The van der Waals surface area contributed by atoms with Crippen molar-refractivity contribution in [3.05, 3.63) is 40.4 Å². The standard InChI is InChI=1S/C15H21ClN2O2S/c1-3-17-11-13-4-5-14(10-15(13)16)21(19,20)18-8-6-12(2)7-9-18/h4-6,10,17H,3,7-9,11H2,1-2H3. The number of rotatable bonds is 5. The number of nitrogens with zero attached hydrogens (tertiary/aromatic N) is 1. The molecule has 0 bridgehead atoms. The van der Waals surface area contributed by atoms with Crippen LogP contribution in [0.5, 0.6) is 0 Å². The quantitative estimate of drug-likeness (QED) is 0.846. The topological polar surface area (TPSA) is 49.4 Å². The summed E-state index contributed by atoms with van der Waals surface area (Å²) in [6.45, 7) is 6.48. The van der Waals surface area contributed by atoms with Gasteiger partial charge in [-0.15, -0.1) is 0 Å². The van der Waals surface area contributed by atoms with Crippen LogP contribution in [-0.4, -0.2) is 32.4 Å². The summed E-state index contributed by atoms with van der Waals surface area (Å²) < 4.78 is 26.7. The molecule has 0 unspecified atom stereocenters. The van der Waals surface area contributed by atoms with Gasteiger partial charge in [-0.2, -0.15) is 4.31 Å². The maximum Gasteiger partial charge on any atom is 0.243 e. The molecule has 1 N–H and O–H groups in total. The van der Waals surface area contributed by atoms with Crippen LogP contribution in [0.2, 0.25) is 5.02 Å². The minimum absolute atomic E-state index is 0.265. The molecule has 0 radical (unpaired) electrons. The molecule has 0 aliphatic carbocycles. The molecule has 6 heteroatoms. The smallest absolute Gasteiger partial charge is 0.243 e. The predicted octanol–water partition coefficient (Wildman–Crippen LogP) is 2.79. The number of nitrogens with one attached hydrogen (secondary N) is 1. The van der Waals surface area contributed by atoms with Gasteiger partial charge < -0.3 is 5.32 Å². The zero-order chi connectivity index (χ0) is 15.5. The van der Waals surface area contributed by atoms with E-state index in [0.29, 0.717) is 24.7 Å². The van der Waals surface area contributed by atoms with Crippen LogP contribution in [0.1, 0.15) is 25.8 Å². The van der Waals surface area contributed by atoms with Crippen molar-refractivity contribution in [3.63, 3.8) is 0 Å². The summed E-state index contributed by atoms with van der Waals surface area (Å²) in [5, 5.41) is 3.67. The van der Waals surface area contributed by atoms with Gasteiger partial charge in [0.1, 0.15) is 0 Å². The Morgan fingerprint density at radius 2 is 2.14 bits per heavy atom. The number of sulfonamides is 1. The molecule has 0 fully saturated rings. The van der Waals surface area contributed by atoms with Gasteiger partial charge in [0.05, 0.1) is 4.90 Å². The highest BCUT2D eigenvalue weighted by Crippen LogP contribution is 2.25. The minimum atomic E-state index is -3.46. The van der Waals surface area contributed by atoms with Crippen molar-refractivity contribution in [2.75, 3.05) is 19.6 Å². The van der Waals surface area contributed by atoms with E-state index in [4.69, 9.17) is 11.6 Å². The molecule has 0 saturated carbocycles. The van der Waals surface area contributed by atoms with Gasteiger partial charge in [-0.25, -0.2) is 8.42 Å². The van der Waals surface area contributed by atoms with E-state index in [1.165, 1.54) is 9.88 Å². The van der Waals surface area contributed by atoms with E-state index >= 15 is 0 Å². The zero-order valence-corrected chi connectivity index (χ0v) is 14.0. The predicted molar refractivity (Wildman–Crippen MR) is 86.0 cm³/mol. The average Bonchev–Trinajstić information content (AvgIpc) is 2.46. The van der Waals surface area contributed by atoms with Gasteiger partial charge >= 0.3 is 0 Å². The van der Waals surface area contributed by atoms with Crippen LogP contribution in [-0.2, 0) is 16.6 Å². The molecule has 2 rings (SSSR count). The first-order chi connectivity index (χ1) is 9.95. The first-order valence-electron chi connectivity index (χ1n) is 7.10. The number of halogens is 1. The van der Waals surface area contributed by atoms with E-state index in [1.807, 2.05) is 19.9 Å². The number of hydrogen-bond donors (Lipinski definition) is 1. The third-order valence-electron chi connectivity index (χ3n) is 3.63. The summed E-state index contributed by atoms with van der Waals surface area (Å²) in [7, 11) is -3.46. The van der Waals surface area contributed by atoms with E-state index in [0.717, 1.165) is 18.5 Å². The van der Waals surface area contributed by atoms with Gasteiger partial charge in [0.25, 0.3) is 0 Å². The fourth-order valence-corrected chi connectivity index (χ4v) is 3.93. The summed E-state index contributed by atoms with van der Waals surface area (Å²) in [5.41, 5.74) is 2.15. The van der Waals surface area contributed by atoms with E-state index in [1.54, 1.807) is 18.2 Å². The molecule has 0 atom stereocenters. The van der Waals surface area contributed by atoms with Gasteiger partial charge in [-0.3, -0.25) is 0 Å². The number of hydrogen-bond acceptors (Lipinski definition) is 3. The van der Waals surface area contributed by atoms with Crippen molar-refractivity contribution in [2.45, 2.75) is 31.7 Å². The third kappa shape index (κ3) is 3.86. The molecule has 1 aromatic rings. The van der Waals surface area contributed by atoms with Crippen molar-refractivity contribution in [1.29, 1.82) is 0 Å². The first-order valence-corrected chi connectivity index (χ1v) is 8.92. The van der Waals surface area contributed by atoms with E-state index in [9.17, 15) is 8.42 Å². The average molecular weight is 329 g/mol. The van der Waals surface area contributed by atoms with Crippen molar-refractivity contribution < 1.29 is 8.42 Å². The molecule has 1 aromatic carbocycles. The van der Waals surface area contributed by atoms with Crippen molar-refractivity contribution in [1.82, 2.24) is 9.62 Å². The highest BCUT2D eigenvalue weighted by Gasteiger charge is 2.25. The molecule has 116 valence electrons. The largest absolute Gasteiger partial charge is 0.313 e. The molecule has 4 nitrogen and oxygen atoms in total. The maximum atomic E-state index is 12.6. The molecule has 0 aromatic heterocycles. The Balaban J connectivity index is 2.23. The fraction of sp³-hybridized carbons (Fsp3) is 0.467. The molecular formula is C15H21ClN2O2S. The lowest BCUT2D eigenvalue weighted by Crippen LogP contribution is -2.34. The minimum Gasteiger partial charge on any atom is -0.313 e. The third-order valence-corrected chi connectivity index (χ3v) is 5.84. The van der Waals surface area contributed by atoms with Gasteiger partial charge in [0.15, 0.2) is 0 Å². The fourth-order valence-electron chi connectivity index (χ4n) is 2.21. The Labute approximate surface area is 131 Å². The number of benzene rings is 1. The SMILES string of the molecule is CCNCc1ccc(S(=O)(=O)N2CC=C(C)CC2)cc1Cl. The lowest BCUT2D eigenvalue weighted by Gasteiger charge is -2.25. The van der Waals surface area contributed by atoms with Crippen LogP contribution in [0.25, 0.3) is 0 Å². The van der Waals surface area contributed by atoms with Crippen molar-refractivity contribution in [3.8, 4) is 0 Å². The summed E-state index contributed by atoms with van der Waals surface area (Å²) in [4.78, 5) is 0.265. The van der Waals surface area contributed by atoms with Crippen LogP contribution in [0, 0.1) is 0 Å². The lowest BCUT2D eigenvalue weighted by atomic mass is 10.1. The van der Waals surface area contributed by atoms with Crippen LogP contribution >= 0.6 is 11.6 Å². The van der Waals surface area contributed by atoms with Gasteiger partial charge in [0.2, 0.25) is 10.0 Å². The van der Waals surface area contributed by atoms with E-state index in [2.05, 4.69) is 5.32 Å². The second-order valence-corrected chi connectivity index (χ2v) is 7.54. The summed E-state index contributed by atoms with van der Waals surface area (Å²) in [6.07, 6.45) is 2.74. The molecule has 21 heavy (non-hydrogen) atoms. The van der Waals surface area contributed by atoms with Crippen LogP contribution in [0.15, 0.2) is 34.7 Å². The Morgan fingerprint density at radius 3 is 2.71 bits per heavy atom. The molecular weight excluding hydrogens is 308 g/mol. The van der Waals surface area contributed by atoms with Crippen LogP contribution in [0.3, 0.4) is 0 Å². The second-order valence-electron chi connectivity index (χ2n) is 5.20. The Kier molecular flexibility index (Phi) is 5.43. The molecule has 1 aliphatic heterocycles. The second kappa shape index (κ2) is 6.92. The van der Waals surface area contributed by atoms with Gasteiger partial charge in [-0.05, 0) is 37.6 Å². The molecule has 0 saturated heterocycles. The van der Waals surface area contributed by atoms with Crippen molar-refractivity contribution in [2.24, 2.45) is 0 Å². The van der Waals surface area contributed by atoms with Crippen LogP contribution < -0.4 is 5.32 Å². The molecule has 0 spiro atoms. The normalized spacial score (nSPS) is 16.8. The molecule has 1 aliphatic rings. The van der Waals surface area contributed by atoms with Gasteiger partial charge in [0, 0.05) is 24.7 Å². The highest BCUT2D eigenvalue weighted by molar-refractivity contribution is 7.89. The Morgan fingerprint density at radius 1 is 1.38 bits per heavy atom. The van der Waals surface area contributed by atoms with Gasteiger partial charge in [-0.1, -0.05) is 36.2 Å². The molecule has 1 heterocycles. The Bertz CT molecular complexity index is 641. The van der Waals surface area contributed by atoms with Crippen LogP contribution in [0.4, 0.5) is 0 Å². The van der Waals surface area contributed by atoms with Crippen molar-refractivity contribution >= 4 is 21.6 Å². The summed E-state index contributed by atoms with van der Waals surface area (Å²) >= 11 is 6.20. The highest BCUT2D eigenvalue weighted by atomic mass is 35.5. The first kappa shape index (κ1) is 16.5.